The van der Waals surface area contributed by atoms with Crippen LogP contribution in [0, 0.1) is 29.1 Å². The first kappa shape index (κ1) is 46.7. The van der Waals surface area contributed by atoms with Crippen molar-refractivity contribution in [1.29, 1.82) is 0 Å². The molecule has 0 aromatic rings. The number of rotatable bonds is 11. The van der Waals surface area contributed by atoms with Crippen molar-refractivity contribution in [1.82, 2.24) is 9.80 Å². The third kappa shape index (κ3) is 8.54. The van der Waals surface area contributed by atoms with Gasteiger partial charge in [-0.2, -0.15) is 0 Å². The normalized spacial score (nSPS) is 42.9. The minimum atomic E-state index is -2.40. The van der Waals surface area contributed by atoms with Gasteiger partial charge < -0.3 is 37.7 Å². The number of methoxy groups -OCH3 is 1. The molecule has 0 aromatic heterocycles. The van der Waals surface area contributed by atoms with Crippen molar-refractivity contribution < 1.29 is 52.0 Å². The number of cyclic esters (lactones) is 1. The Kier molecular flexibility index (Phi) is 14.8. The van der Waals surface area contributed by atoms with Crippen LogP contribution in [-0.4, -0.2) is 137 Å². The molecule has 13 nitrogen and oxygen atoms in total. The summed E-state index contributed by atoms with van der Waals surface area (Å²) in [7, 11) is 4.95. The standard InChI is InChI=1S/C42H74N2O11Si/c1-17-30-42(12)34-31(38(48)54-42)44(15)23-40(34,10)35(46)24(5)22-41(11,49-16)36(53-39-33(51-28(9)45)29(43(13)14)21-25(6)50-39)26(7)32(27(8)37(47)52-30)55-56(18-2,19-3)20-4/h24-27,29-34,36,39H,17-23H2,1-16H3/t24-,25-,26+,27-,29+,30?,31-,32+,33-,34-,36-,39+,40+,41-,42-/m1/s1. The largest absolute Gasteiger partial charge is 0.458 e. The molecule has 4 saturated heterocycles. The zero-order valence-electron chi connectivity index (χ0n) is 37.3. The molecule has 0 spiro atoms. The topological polar surface area (TPSA) is 139 Å². The van der Waals surface area contributed by atoms with E-state index in [0.29, 0.717) is 19.4 Å². The lowest BCUT2D eigenvalue weighted by Crippen LogP contribution is -2.62. The quantitative estimate of drug-likeness (QED) is 0.145. The molecule has 0 bridgehead atoms. The second-order valence-corrected chi connectivity index (χ2v) is 23.1. The van der Waals surface area contributed by atoms with Gasteiger partial charge in [0.05, 0.1) is 35.9 Å². The van der Waals surface area contributed by atoms with Gasteiger partial charge in [0.25, 0.3) is 0 Å². The monoisotopic (exact) mass is 811 g/mol. The number of ether oxygens (including phenoxy) is 6. The highest BCUT2D eigenvalue weighted by Crippen LogP contribution is 2.56. The summed E-state index contributed by atoms with van der Waals surface area (Å²) in [5.74, 6) is -3.80. The van der Waals surface area contributed by atoms with Gasteiger partial charge >= 0.3 is 17.9 Å². The first-order valence-electron chi connectivity index (χ1n) is 21.1. The van der Waals surface area contributed by atoms with Gasteiger partial charge in [-0.05, 0) is 86.2 Å². The summed E-state index contributed by atoms with van der Waals surface area (Å²) in [6, 6.07) is 1.64. The Morgan fingerprint density at radius 2 is 1.57 bits per heavy atom. The van der Waals surface area contributed by atoms with Gasteiger partial charge in [-0.15, -0.1) is 0 Å². The molecule has 4 rings (SSSR count). The summed E-state index contributed by atoms with van der Waals surface area (Å²) < 4.78 is 46.3. The highest BCUT2D eigenvalue weighted by atomic mass is 28.4. The molecule has 0 saturated carbocycles. The average Bonchev–Trinajstić information content (AvgIpc) is 3.60. The lowest BCUT2D eigenvalue weighted by molar-refractivity contribution is -0.303. The van der Waals surface area contributed by atoms with Gasteiger partial charge in [0.1, 0.15) is 17.9 Å². The fraction of sp³-hybridized carbons (Fsp3) is 0.905. The van der Waals surface area contributed by atoms with Crippen LogP contribution in [0.25, 0.3) is 0 Å². The molecule has 0 aliphatic carbocycles. The lowest BCUT2D eigenvalue weighted by Gasteiger charge is -2.50. The van der Waals surface area contributed by atoms with E-state index < -0.39 is 103 Å². The maximum Gasteiger partial charge on any atom is 0.324 e. The van der Waals surface area contributed by atoms with Gasteiger partial charge in [-0.1, -0.05) is 48.5 Å². The van der Waals surface area contributed by atoms with Crippen LogP contribution in [0.5, 0.6) is 0 Å². The SMILES string of the molecule is CCC1OC(=O)[C@H](C)[C@@H](O[Si](CC)(CC)CC)[C@H](C)[C@@H](O[C@@H]2O[C@H](C)C[C@H](N(C)C)[C@H]2OC(C)=O)[C@](C)(OC)C[C@@H](C)C(=O)[C@@]2(C)CN(C)[C@H]3C(=O)O[C@@]1(C)[C@H]32. The number of carbonyl (C=O) groups excluding carboxylic acids is 4. The van der Waals surface area contributed by atoms with Crippen LogP contribution in [-0.2, 0) is 52.0 Å². The highest BCUT2D eigenvalue weighted by Gasteiger charge is 2.70. The van der Waals surface area contributed by atoms with E-state index in [-0.39, 0.29) is 24.3 Å². The molecular formula is C42H74N2O11Si. The number of hydrogen-bond acceptors (Lipinski definition) is 13. The molecule has 4 heterocycles. The van der Waals surface area contributed by atoms with Crippen LogP contribution in [0.1, 0.15) is 102 Å². The maximum absolute atomic E-state index is 15.1. The van der Waals surface area contributed by atoms with Crippen molar-refractivity contribution in [2.24, 2.45) is 29.1 Å². The number of Topliss-reactive ketones (excluding diaryl/α,β-unsaturated/α-hetero) is 1. The summed E-state index contributed by atoms with van der Waals surface area (Å²) in [6.07, 6.45) is -3.09. The number of carbonyl (C=O) groups is 4. The number of ketones is 1. The van der Waals surface area contributed by atoms with Gasteiger partial charge in [0, 0.05) is 43.7 Å². The Bertz CT molecular complexity index is 1420. The summed E-state index contributed by atoms with van der Waals surface area (Å²) in [5, 5.41) is 0. The van der Waals surface area contributed by atoms with E-state index in [1.54, 1.807) is 7.11 Å². The van der Waals surface area contributed by atoms with Crippen molar-refractivity contribution in [2.45, 2.75) is 181 Å². The van der Waals surface area contributed by atoms with Crippen LogP contribution < -0.4 is 0 Å². The number of hydrogen-bond donors (Lipinski definition) is 0. The third-order valence-electron chi connectivity index (χ3n) is 14.3. The molecule has 1 unspecified atom stereocenters. The summed E-state index contributed by atoms with van der Waals surface area (Å²) in [6.45, 7) is 23.5. The van der Waals surface area contributed by atoms with Gasteiger partial charge in [-0.25, -0.2) is 0 Å². The Morgan fingerprint density at radius 1 is 0.964 bits per heavy atom. The molecular weight excluding hydrogens is 737 g/mol. The van der Waals surface area contributed by atoms with Crippen LogP contribution in [0.3, 0.4) is 0 Å². The zero-order chi connectivity index (χ0) is 42.3. The Morgan fingerprint density at radius 3 is 2.09 bits per heavy atom. The van der Waals surface area contributed by atoms with Crippen molar-refractivity contribution >= 4 is 32.0 Å². The van der Waals surface area contributed by atoms with Gasteiger partial charge in [0.15, 0.2) is 26.3 Å². The van der Waals surface area contributed by atoms with E-state index >= 15 is 4.79 Å². The molecule has 0 radical (unpaired) electrons. The minimum Gasteiger partial charge on any atom is -0.458 e. The van der Waals surface area contributed by atoms with E-state index in [1.807, 2.05) is 86.3 Å². The molecule has 56 heavy (non-hydrogen) atoms. The smallest absolute Gasteiger partial charge is 0.324 e. The molecule has 0 N–H and O–H groups in total. The van der Waals surface area contributed by atoms with Crippen molar-refractivity contribution in [3.05, 3.63) is 0 Å². The van der Waals surface area contributed by atoms with E-state index in [1.165, 1.54) is 6.92 Å². The van der Waals surface area contributed by atoms with E-state index in [9.17, 15) is 14.4 Å². The first-order valence-corrected chi connectivity index (χ1v) is 23.6. The second-order valence-electron chi connectivity index (χ2n) is 18.4. The summed E-state index contributed by atoms with van der Waals surface area (Å²) >= 11 is 0. The minimum absolute atomic E-state index is 0.0298. The van der Waals surface area contributed by atoms with Gasteiger partial charge in [-0.3, -0.25) is 24.1 Å². The van der Waals surface area contributed by atoms with Crippen LogP contribution >= 0.6 is 0 Å². The highest BCUT2D eigenvalue weighted by molar-refractivity contribution is 6.73. The van der Waals surface area contributed by atoms with Crippen molar-refractivity contribution in [3.8, 4) is 0 Å². The fourth-order valence-electron chi connectivity index (χ4n) is 11.0. The molecule has 4 aliphatic heterocycles. The number of likely N-dealkylation sites (N-methyl/N-ethyl adjacent to an activating group) is 2. The predicted molar refractivity (Wildman–Crippen MR) is 214 cm³/mol. The number of nitrogens with zero attached hydrogens (tertiary/aromatic N) is 2. The molecule has 14 heteroatoms. The predicted octanol–water partition coefficient (Wildman–Crippen LogP) is 5.62. The van der Waals surface area contributed by atoms with Crippen LogP contribution in [0.15, 0.2) is 0 Å². The Hall–Kier alpha value is -1.94. The van der Waals surface area contributed by atoms with Crippen molar-refractivity contribution in [3.63, 3.8) is 0 Å². The molecule has 0 aromatic carbocycles. The van der Waals surface area contributed by atoms with Crippen LogP contribution in [0.2, 0.25) is 18.1 Å². The number of likely N-dealkylation sites (tertiary alicyclic amines) is 1. The molecule has 322 valence electrons. The second kappa shape index (κ2) is 17.7. The summed E-state index contributed by atoms with van der Waals surface area (Å²) in [4.78, 5) is 60.1. The van der Waals surface area contributed by atoms with E-state index in [2.05, 4.69) is 20.8 Å². The summed E-state index contributed by atoms with van der Waals surface area (Å²) in [5.41, 5.74) is -3.41. The number of esters is 3. The Balaban J connectivity index is 1.96. The Labute approximate surface area is 337 Å². The zero-order valence-corrected chi connectivity index (χ0v) is 38.3. The molecule has 0 amide bonds. The third-order valence-corrected chi connectivity index (χ3v) is 18.9. The molecule has 4 fully saturated rings. The average molecular weight is 811 g/mol. The molecule has 15 atom stereocenters. The fourth-order valence-corrected chi connectivity index (χ4v) is 14.0. The van der Waals surface area contributed by atoms with Crippen molar-refractivity contribution in [2.75, 3.05) is 34.8 Å². The van der Waals surface area contributed by atoms with Crippen LogP contribution in [0.4, 0.5) is 0 Å². The molecule has 4 aliphatic rings. The van der Waals surface area contributed by atoms with Gasteiger partial charge in [0.2, 0.25) is 0 Å². The van der Waals surface area contributed by atoms with E-state index in [4.69, 9.17) is 32.8 Å². The first-order chi connectivity index (χ1) is 26.0. The lowest BCUT2D eigenvalue weighted by atomic mass is 9.62. The van der Waals surface area contributed by atoms with E-state index in [0.717, 1.165) is 18.1 Å². The maximum atomic E-state index is 15.1.